The molecule has 3 aliphatic carbocycles. The molecule has 1 aromatic carbocycles. The molecular formula is C16H15ClF2N2. The zero-order valence-electron chi connectivity index (χ0n) is 11.4. The second-order valence-electron chi connectivity index (χ2n) is 6.77. The van der Waals surface area contributed by atoms with Gasteiger partial charge in [-0.1, -0.05) is 0 Å². The highest BCUT2D eigenvalue weighted by Gasteiger charge is 2.66. The molecule has 2 nitrogen and oxygen atoms in total. The molecule has 1 aromatic heterocycles. The van der Waals surface area contributed by atoms with Crippen molar-refractivity contribution < 1.29 is 8.78 Å². The van der Waals surface area contributed by atoms with Crippen LogP contribution in [0.4, 0.5) is 8.78 Å². The van der Waals surface area contributed by atoms with Crippen LogP contribution < -0.4 is 0 Å². The highest BCUT2D eigenvalue weighted by molar-refractivity contribution is 6.16. The Kier molecular flexibility index (Phi) is 2.35. The number of nitrogens with zero attached hydrogens (tertiary/aromatic N) is 2. The van der Waals surface area contributed by atoms with Crippen LogP contribution >= 0.6 is 11.6 Å². The van der Waals surface area contributed by atoms with Gasteiger partial charge in [0, 0.05) is 12.1 Å². The fourth-order valence-corrected chi connectivity index (χ4v) is 5.41. The van der Waals surface area contributed by atoms with E-state index < -0.39 is 11.6 Å². The van der Waals surface area contributed by atoms with Gasteiger partial charge in [-0.25, -0.2) is 13.8 Å². The predicted octanol–water partition coefficient (Wildman–Crippen LogP) is 4.27. The molecule has 3 aliphatic rings. The molecule has 5 heteroatoms. The molecule has 4 atom stereocenters. The van der Waals surface area contributed by atoms with Gasteiger partial charge in [-0.15, -0.1) is 11.6 Å². The summed E-state index contributed by atoms with van der Waals surface area (Å²) in [5, 5.41) is 0. The molecule has 0 aliphatic heterocycles. The summed E-state index contributed by atoms with van der Waals surface area (Å²) in [7, 11) is 0. The van der Waals surface area contributed by atoms with Crippen molar-refractivity contribution in [1.82, 2.24) is 9.55 Å². The largest absolute Gasteiger partial charge is 0.323 e. The first-order valence-electron chi connectivity index (χ1n) is 7.61. The first kappa shape index (κ1) is 12.4. The molecule has 0 N–H and O–H groups in total. The maximum Gasteiger partial charge on any atom is 0.153 e. The predicted molar refractivity (Wildman–Crippen MR) is 76.1 cm³/mol. The van der Waals surface area contributed by atoms with E-state index in [9.17, 15) is 8.78 Å². The van der Waals surface area contributed by atoms with Gasteiger partial charge in [-0.2, -0.15) is 0 Å². The highest BCUT2D eigenvalue weighted by Crippen LogP contribution is 2.72. The topological polar surface area (TPSA) is 17.8 Å². The Morgan fingerprint density at radius 3 is 2.57 bits per heavy atom. The summed E-state index contributed by atoms with van der Waals surface area (Å²) in [6.07, 6.45) is 3.97. The molecule has 0 spiro atoms. The minimum atomic E-state index is -0.594. The van der Waals surface area contributed by atoms with Crippen LogP contribution in [0, 0.1) is 35.3 Å². The number of rotatable bonds is 2. The first-order chi connectivity index (χ1) is 10.2. The average Bonchev–Trinajstić information content (AvgIpc) is 2.81. The third-order valence-corrected chi connectivity index (χ3v) is 6.14. The second kappa shape index (κ2) is 3.97. The quantitative estimate of drug-likeness (QED) is 0.758. The molecule has 2 bridgehead atoms. The molecule has 3 saturated carbocycles. The summed E-state index contributed by atoms with van der Waals surface area (Å²) in [5.41, 5.74) is 0.825. The number of aromatic nitrogens is 2. The van der Waals surface area contributed by atoms with Crippen LogP contribution in [0.2, 0.25) is 0 Å². The summed E-state index contributed by atoms with van der Waals surface area (Å²) in [6, 6.07) is 2.66. The van der Waals surface area contributed by atoms with Crippen molar-refractivity contribution in [2.45, 2.75) is 31.2 Å². The Morgan fingerprint density at radius 1 is 1.19 bits per heavy atom. The van der Waals surface area contributed by atoms with E-state index in [1.165, 1.54) is 25.3 Å². The Morgan fingerprint density at radius 2 is 1.90 bits per heavy atom. The van der Waals surface area contributed by atoms with E-state index in [0.29, 0.717) is 29.2 Å². The Balaban J connectivity index is 1.69. The van der Waals surface area contributed by atoms with Gasteiger partial charge in [-0.05, 0) is 49.0 Å². The Bertz CT molecular complexity index is 740. The standard InChI is InChI=1S/C16H15ClF2N2/c17-6-12-20-15-10(19)4-9(18)5-11(15)21(12)16-13-7-1-2-8(3-7)14(13)16/h4-5,7-8,13-14,16H,1-3,6H2. The first-order valence-corrected chi connectivity index (χ1v) is 8.14. The van der Waals surface area contributed by atoms with Crippen LogP contribution in [0.5, 0.6) is 0 Å². The van der Waals surface area contributed by atoms with Crippen LogP contribution in [0.25, 0.3) is 11.0 Å². The van der Waals surface area contributed by atoms with Crippen LogP contribution in [0.15, 0.2) is 12.1 Å². The van der Waals surface area contributed by atoms with Crippen LogP contribution in [0.3, 0.4) is 0 Å². The van der Waals surface area contributed by atoms with E-state index in [0.717, 1.165) is 17.9 Å². The van der Waals surface area contributed by atoms with Crippen molar-refractivity contribution in [1.29, 1.82) is 0 Å². The van der Waals surface area contributed by atoms with Gasteiger partial charge in [0.2, 0.25) is 0 Å². The normalized spacial score (nSPS) is 36.4. The summed E-state index contributed by atoms with van der Waals surface area (Å²) >= 11 is 6.01. The van der Waals surface area contributed by atoms with E-state index >= 15 is 0 Å². The smallest absolute Gasteiger partial charge is 0.153 e. The van der Waals surface area contributed by atoms with E-state index in [1.807, 2.05) is 4.57 Å². The summed E-state index contributed by atoms with van der Waals surface area (Å²) in [6.45, 7) is 0. The van der Waals surface area contributed by atoms with Gasteiger partial charge >= 0.3 is 0 Å². The second-order valence-corrected chi connectivity index (χ2v) is 7.03. The minimum absolute atomic E-state index is 0.237. The number of benzene rings is 1. The van der Waals surface area contributed by atoms with Crippen molar-refractivity contribution in [3.63, 3.8) is 0 Å². The lowest BCUT2D eigenvalue weighted by Gasteiger charge is -2.13. The SMILES string of the molecule is Fc1cc(F)c2nc(CCl)n(C3C4C5CCC(C5)C43)c2c1. The molecule has 21 heavy (non-hydrogen) atoms. The third kappa shape index (κ3) is 1.49. The highest BCUT2D eigenvalue weighted by atomic mass is 35.5. The monoisotopic (exact) mass is 308 g/mol. The summed E-state index contributed by atoms with van der Waals surface area (Å²) < 4.78 is 29.6. The molecule has 5 rings (SSSR count). The lowest BCUT2D eigenvalue weighted by molar-refractivity contribution is 0.454. The Labute approximate surface area is 126 Å². The molecule has 4 unspecified atom stereocenters. The van der Waals surface area contributed by atoms with Crippen molar-refractivity contribution in [3.8, 4) is 0 Å². The lowest BCUT2D eigenvalue weighted by Crippen LogP contribution is -2.08. The minimum Gasteiger partial charge on any atom is -0.323 e. The summed E-state index contributed by atoms with van der Waals surface area (Å²) in [4.78, 5) is 4.32. The number of alkyl halides is 1. The number of fused-ring (bicyclic) bond motifs is 6. The molecule has 2 aromatic rings. The van der Waals surface area contributed by atoms with Crippen LogP contribution in [-0.2, 0) is 5.88 Å². The lowest BCUT2D eigenvalue weighted by atomic mass is 10.0. The van der Waals surface area contributed by atoms with E-state index in [-0.39, 0.29) is 11.4 Å². The van der Waals surface area contributed by atoms with Crippen molar-refractivity contribution in [2.24, 2.45) is 23.7 Å². The fourth-order valence-electron chi connectivity index (χ4n) is 5.22. The van der Waals surface area contributed by atoms with E-state index in [2.05, 4.69) is 4.98 Å². The van der Waals surface area contributed by atoms with Crippen LogP contribution in [0.1, 0.15) is 31.1 Å². The Hall–Kier alpha value is -1.16. The molecule has 110 valence electrons. The zero-order chi connectivity index (χ0) is 14.3. The zero-order valence-corrected chi connectivity index (χ0v) is 12.2. The molecule has 0 radical (unpaired) electrons. The fraction of sp³-hybridized carbons (Fsp3) is 0.562. The number of hydrogen-bond acceptors (Lipinski definition) is 1. The maximum atomic E-state index is 14.0. The maximum absolute atomic E-state index is 14.0. The molecular weight excluding hydrogens is 294 g/mol. The van der Waals surface area contributed by atoms with Crippen molar-refractivity contribution in [2.75, 3.05) is 0 Å². The molecule has 0 saturated heterocycles. The molecule has 1 heterocycles. The van der Waals surface area contributed by atoms with Crippen LogP contribution in [-0.4, -0.2) is 9.55 Å². The number of imidazole rings is 1. The van der Waals surface area contributed by atoms with Gasteiger partial charge in [-0.3, -0.25) is 0 Å². The van der Waals surface area contributed by atoms with E-state index in [1.54, 1.807) is 0 Å². The molecule has 0 amide bonds. The van der Waals surface area contributed by atoms with Gasteiger partial charge in [0.15, 0.2) is 5.82 Å². The van der Waals surface area contributed by atoms with Crippen molar-refractivity contribution in [3.05, 3.63) is 29.6 Å². The number of halogens is 3. The van der Waals surface area contributed by atoms with Gasteiger partial charge in [0.05, 0.1) is 11.4 Å². The van der Waals surface area contributed by atoms with Crippen molar-refractivity contribution >= 4 is 22.6 Å². The van der Waals surface area contributed by atoms with Gasteiger partial charge in [0.25, 0.3) is 0 Å². The summed E-state index contributed by atoms with van der Waals surface area (Å²) in [5.74, 6) is 2.72. The van der Waals surface area contributed by atoms with Gasteiger partial charge in [0.1, 0.15) is 17.2 Å². The number of hydrogen-bond donors (Lipinski definition) is 0. The molecule has 3 fully saturated rings. The van der Waals surface area contributed by atoms with E-state index in [4.69, 9.17) is 11.6 Å². The average molecular weight is 309 g/mol. The van der Waals surface area contributed by atoms with Gasteiger partial charge < -0.3 is 4.57 Å². The third-order valence-electron chi connectivity index (χ3n) is 5.90.